The number of hydrogen-bond donors (Lipinski definition) is 1. The quantitative estimate of drug-likeness (QED) is 0.887. The van der Waals surface area contributed by atoms with Crippen molar-refractivity contribution >= 4 is 34.2 Å². The number of nitrogens with zero attached hydrogens (tertiary/aromatic N) is 2. The summed E-state index contributed by atoms with van der Waals surface area (Å²) in [5.74, 6) is 1.05. The molecule has 1 heterocycles. The molecule has 0 saturated heterocycles. The average Bonchev–Trinajstić information content (AvgIpc) is 2.63. The van der Waals surface area contributed by atoms with Gasteiger partial charge in [0.05, 0.1) is 21.1 Å². The summed E-state index contributed by atoms with van der Waals surface area (Å²) >= 11 is 12.2. The molecule has 0 radical (unpaired) electrons. The van der Waals surface area contributed by atoms with E-state index in [4.69, 9.17) is 33.9 Å². The molecule has 2 rings (SSSR count). The fourth-order valence-electron chi connectivity index (χ4n) is 2.28. The second-order valence-electron chi connectivity index (χ2n) is 5.96. The highest BCUT2D eigenvalue weighted by atomic mass is 35.5. The Balaban J connectivity index is 2.55. The van der Waals surface area contributed by atoms with Crippen molar-refractivity contribution < 1.29 is 0 Å². The molecule has 20 heavy (non-hydrogen) atoms. The van der Waals surface area contributed by atoms with Gasteiger partial charge in [0.25, 0.3) is 0 Å². The number of benzene rings is 1. The largest absolute Gasteiger partial charge is 0.326 e. The maximum absolute atomic E-state index is 6.18. The molecule has 0 aliphatic rings. The lowest BCUT2D eigenvalue weighted by Gasteiger charge is -2.21. The van der Waals surface area contributed by atoms with Crippen molar-refractivity contribution in [3.05, 3.63) is 28.0 Å². The Bertz CT molecular complexity index is 612. The Hall–Kier alpha value is -0.770. The molecule has 1 aromatic carbocycles. The Labute approximate surface area is 130 Å². The number of fused-ring (bicyclic) bond motifs is 1. The van der Waals surface area contributed by atoms with E-state index < -0.39 is 0 Å². The number of imidazole rings is 1. The summed E-state index contributed by atoms with van der Waals surface area (Å²) in [4.78, 5) is 4.70. The second-order valence-corrected chi connectivity index (χ2v) is 6.78. The average molecular weight is 314 g/mol. The highest BCUT2D eigenvalue weighted by Gasteiger charge is 2.18. The number of halogens is 2. The van der Waals surface area contributed by atoms with Crippen LogP contribution in [0, 0.1) is 0 Å². The molecule has 0 unspecified atom stereocenters. The van der Waals surface area contributed by atoms with Crippen molar-refractivity contribution in [2.75, 3.05) is 0 Å². The summed E-state index contributed by atoms with van der Waals surface area (Å²) in [6, 6.07) is 3.71. The van der Waals surface area contributed by atoms with E-state index in [1.807, 2.05) is 26.0 Å². The van der Waals surface area contributed by atoms with Crippen molar-refractivity contribution in [1.82, 2.24) is 9.55 Å². The lowest BCUT2D eigenvalue weighted by atomic mass is 10.1. The van der Waals surface area contributed by atoms with Gasteiger partial charge in [-0.3, -0.25) is 0 Å². The van der Waals surface area contributed by atoms with Crippen LogP contribution in [-0.4, -0.2) is 15.1 Å². The van der Waals surface area contributed by atoms with E-state index in [1.54, 1.807) is 0 Å². The predicted molar refractivity (Wildman–Crippen MR) is 86.6 cm³/mol. The van der Waals surface area contributed by atoms with Gasteiger partial charge in [-0.1, -0.05) is 36.5 Å². The van der Waals surface area contributed by atoms with Crippen LogP contribution in [0.1, 0.15) is 39.4 Å². The maximum Gasteiger partial charge on any atom is 0.109 e. The molecule has 3 nitrogen and oxygen atoms in total. The zero-order chi connectivity index (χ0) is 14.9. The highest BCUT2D eigenvalue weighted by Crippen LogP contribution is 2.29. The van der Waals surface area contributed by atoms with Crippen LogP contribution in [-0.2, 0) is 13.0 Å². The SMILES string of the molecule is CCCCc1nc2cc(Cl)c(Cl)cc2n1CC(C)(C)N. The Kier molecular flexibility index (Phi) is 4.62. The smallest absolute Gasteiger partial charge is 0.109 e. The molecule has 2 N–H and O–H groups in total. The standard InChI is InChI=1S/C15H21Cl2N3/c1-4-5-6-14-19-12-7-10(16)11(17)8-13(12)20(14)9-15(2,3)18/h7-8H,4-6,9,18H2,1-3H3. The van der Waals surface area contributed by atoms with Crippen molar-refractivity contribution in [3.8, 4) is 0 Å². The summed E-state index contributed by atoms with van der Waals surface area (Å²) < 4.78 is 2.17. The van der Waals surface area contributed by atoms with Gasteiger partial charge in [-0.05, 0) is 32.4 Å². The van der Waals surface area contributed by atoms with E-state index in [0.29, 0.717) is 16.6 Å². The van der Waals surface area contributed by atoms with E-state index >= 15 is 0 Å². The molecule has 0 spiro atoms. The van der Waals surface area contributed by atoms with E-state index in [0.717, 1.165) is 36.1 Å². The minimum atomic E-state index is -0.305. The van der Waals surface area contributed by atoms with E-state index in [1.165, 1.54) is 0 Å². The minimum absolute atomic E-state index is 0.305. The second kappa shape index (κ2) is 5.92. The van der Waals surface area contributed by atoms with E-state index in [9.17, 15) is 0 Å². The van der Waals surface area contributed by atoms with Crippen molar-refractivity contribution in [3.63, 3.8) is 0 Å². The molecule has 0 fully saturated rings. The summed E-state index contributed by atoms with van der Waals surface area (Å²) in [5, 5.41) is 1.09. The molecule has 5 heteroatoms. The minimum Gasteiger partial charge on any atom is -0.326 e. The summed E-state index contributed by atoms with van der Waals surface area (Å²) in [6.45, 7) is 6.91. The molecule has 0 aliphatic heterocycles. The van der Waals surface area contributed by atoms with Crippen molar-refractivity contribution in [2.24, 2.45) is 5.73 Å². The first-order chi connectivity index (χ1) is 9.31. The van der Waals surface area contributed by atoms with Crippen LogP contribution in [0.15, 0.2) is 12.1 Å². The molecule has 110 valence electrons. The molecule has 0 atom stereocenters. The van der Waals surface area contributed by atoms with Gasteiger partial charge in [0, 0.05) is 18.5 Å². The summed E-state index contributed by atoms with van der Waals surface area (Å²) in [5.41, 5.74) is 7.76. The Morgan fingerprint density at radius 2 is 1.90 bits per heavy atom. The van der Waals surface area contributed by atoms with Gasteiger partial charge in [-0.2, -0.15) is 0 Å². The van der Waals surface area contributed by atoms with Gasteiger partial charge in [-0.15, -0.1) is 0 Å². The third kappa shape index (κ3) is 3.46. The van der Waals surface area contributed by atoms with Crippen molar-refractivity contribution in [2.45, 2.75) is 52.1 Å². The molecule has 0 aliphatic carbocycles. The number of hydrogen-bond acceptors (Lipinski definition) is 2. The molecular formula is C15H21Cl2N3. The van der Waals surface area contributed by atoms with Gasteiger partial charge < -0.3 is 10.3 Å². The van der Waals surface area contributed by atoms with Crippen LogP contribution in [0.5, 0.6) is 0 Å². The molecule has 0 saturated carbocycles. The lowest BCUT2D eigenvalue weighted by molar-refractivity contribution is 0.430. The first-order valence-corrected chi connectivity index (χ1v) is 7.70. The predicted octanol–water partition coefficient (Wildman–Crippen LogP) is 4.42. The van der Waals surface area contributed by atoms with Crippen LogP contribution in [0.2, 0.25) is 10.0 Å². The highest BCUT2D eigenvalue weighted by molar-refractivity contribution is 6.42. The number of unbranched alkanes of at least 4 members (excludes halogenated alkanes) is 1. The van der Waals surface area contributed by atoms with Gasteiger partial charge in [0.15, 0.2) is 0 Å². The topological polar surface area (TPSA) is 43.8 Å². The third-order valence-electron chi connectivity index (χ3n) is 3.19. The Morgan fingerprint density at radius 1 is 1.25 bits per heavy atom. The number of aryl methyl sites for hydroxylation is 1. The van der Waals surface area contributed by atoms with E-state index in [2.05, 4.69) is 11.5 Å². The maximum atomic E-state index is 6.18. The number of nitrogens with two attached hydrogens (primary N) is 1. The first-order valence-electron chi connectivity index (χ1n) is 6.95. The van der Waals surface area contributed by atoms with Crippen LogP contribution in [0.3, 0.4) is 0 Å². The third-order valence-corrected chi connectivity index (χ3v) is 3.91. The molecule has 1 aromatic heterocycles. The monoisotopic (exact) mass is 313 g/mol. The van der Waals surface area contributed by atoms with Crippen LogP contribution in [0.25, 0.3) is 11.0 Å². The number of aromatic nitrogens is 2. The fourth-order valence-corrected chi connectivity index (χ4v) is 2.60. The van der Waals surface area contributed by atoms with E-state index in [-0.39, 0.29) is 5.54 Å². The van der Waals surface area contributed by atoms with Crippen LogP contribution < -0.4 is 5.73 Å². The number of rotatable bonds is 5. The molecular weight excluding hydrogens is 293 g/mol. The molecule has 0 bridgehead atoms. The zero-order valence-electron chi connectivity index (χ0n) is 12.2. The van der Waals surface area contributed by atoms with Crippen LogP contribution >= 0.6 is 23.2 Å². The normalized spacial score (nSPS) is 12.3. The Morgan fingerprint density at radius 3 is 2.50 bits per heavy atom. The van der Waals surface area contributed by atoms with Gasteiger partial charge in [0.2, 0.25) is 0 Å². The zero-order valence-corrected chi connectivity index (χ0v) is 13.7. The van der Waals surface area contributed by atoms with Crippen molar-refractivity contribution in [1.29, 1.82) is 0 Å². The molecule has 0 amide bonds. The van der Waals surface area contributed by atoms with Gasteiger partial charge in [-0.25, -0.2) is 4.98 Å². The lowest BCUT2D eigenvalue weighted by Crippen LogP contribution is -2.37. The van der Waals surface area contributed by atoms with Gasteiger partial charge in [0.1, 0.15) is 5.82 Å². The van der Waals surface area contributed by atoms with Gasteiger partial charge >= 0.3 is 0 Å². The molecule has 2 aromatic rings. The fraction of sp³-hybridized carbons (Fsp3) is 0.533. The summed E-state index contributed by atoms with van der Waals surface area (Å²) in [7, 11) is 0. The summed E-state index contributed by atoms with van der Waals surface area (Å²) in [6.07, 6.45) is 3.18. The van der Waals surface area contributed by atoms with Crippen LogP contribution in [0.4, 0.5) is 0 Å². The first kappa shape index (κ1) is 15.6.